The van der Waals surface area contributed by atoms with Gasteiger partial charge in [-0.1, -0.05) is 6.42 Å². The summed E-state index contributed by atoms with van der Waals surface area (Å²) in [7, 11) is 0. The lowest BCUT2D eigenvalue weighted by atomic mass is 9.96. The number of phenolic OH excluding ortho intramolecular Hbond substituents is 1. The number of aromatic hydroxyl groups is 1. The van der Waals surface area contributed by atoms with Crippen molar-refractivity contribution >= 4 is 17.5 Å². The predicted molar refractivity (Wildman–Crippen MR) is 128 cm³/mol. The normalized spacial score (nSPS) is 17.8. The van der Waals surface area contributed by atoms with E-state index in [1.807, 2.05) is 0 Å². The van der Waals surface area contributed by atoms with Crippen molar-refractivity contribution in [1.29, 1.82) is 0 Å². The summed E-state index contributed by atoms with van der Waals surface area (Å²) in [6, 6.07) is 6.66. The smallest absolute Gasteiger partial charge is 0.257 e. The molecular formula is C26H27F2N5O3. The number of anilines is 1. The van der Waals surface area contributed by atoms with Crippen LogP contribution >= 0.6 is 0 Å². The number of hydrogen-bond donors (Lipinski definition) is 2. The predicted octanol–water partition coefficient (Wildman–Crippen LogP) is 4.26. The van der Waals surface area contributed by atoms with Gasteiger partial charge in [0.25, 0.3) is 11.8 Å². The van der Waals surface area contributed by atoms with Crippen LogP contribution in [0.5, 0.6) is 5.75 Å². The number of aromatic nitrogens is 3. The highest BCUT2D eigenvalue weighted by atomic mass is 19.1. The SMILES string of the molecule is O=C(Nc1ccc(C(=O)N2CCCC(c3nnc4n3CCCCC4)C2)c(O)c1)c1cc(F)cc(F)c1. The number of rotatable bonds is 4. The molecule has 1 atom stereocenters. The van der Waals surface area contributed by atoms with E-state index >= 15 is 0 Å². The zero-order valence-electron chi connectivity index (χ0n) is 19.7. The van der Waals surface area contributed by atoms with E-state index in [-0.39, 0.29) is 34.4 Å². The fourth-order valence-electron chi connectivity index (χ4n) is 5.03. The van der Waals surface area contributed by atoms with E-state index in [0.717, 1.165) is 62.4 Å². The van der Waals surface area contributed by atoms with Crippen molar-refractivity contribution in [1.82, 2.24) is 19.7 Å². The minimum absolute atomic E-state index is 0.0782. The van der Waals surface area contributed by atoms with Crippen LogP contribution in [0.25, 0.3) is 0 Å². The van der Waals surface area contributed by atoms with E-state index in [1.54, 1.807) is 4.90 Å². The number of carbonyl (C=O) groups excluding carboxylic acids is 2. The molecule has 1 aromatic heterocycles. The molecule has 0 bridgehead atoms. The Labute approximate surface area is 206 Å². The molecule has 8 nitrogen and oxygen atoms in total. The number of phenols is 1. The van der Waals surface area contributed by atoms with Crippen molar-refractivity contribution in [3.8, 4) is 5.75 Å². The summed E-state index contributed by atoms with van der Waals surface area (Å²) in [6.07, 6.45) is 6.04. The molecule has 0 spiro atoms. The molecule has 3 heterocycles. The molecular weight excluding hydrogens is 468 g/mol. The fourth-order valence-corrected chi connectivity index (χ4v) is 5.03. The Balaban J connectivity index is 1.28. The first kappa shape index (κ1) is 23.9. The van der Waals surface area contributed by atoms with Gasteiger partial charge < -0.3 is 19.9 Å². The molecule has 1 fully saturated rings. The molecule has 0 saturated carbocycles. The maximum atomic E-state index is 13.4. The minimum atomic E-state index is -0.869. The first-order valence-corrected chi connectivity index (χ1v) is 12.2. The van der Waals surface area contributed by atoms with Crippen LogP contribution in [0, 0.1) is 11.6 Å². The van der Waals surface area contributed by atoms with Gasteiger partial charge in [-0.05, 0) is 49.9 Å². The monoisotopic (exact) mass is 495 g/mol. The van der Waals surface area contributed by atoms with Gasteiger partial charge >= 0.3 is 0 Å². The van der Waals surface area contributed by atoms with Crippen LogP contribution in [-0.2, 0) is 13.0 Å². The number of nitrogens with zero attached hydrogens (tertiary/aromatic N) is 4. The summed E-state index contributed by atoms with van der Waals surface area (Å²) < 4.78 is 29.0. The number of carbonyl (C=O) groups is 2. The molecule has 0 aliphatic carbocycles. The molecule has 2 aromatic carbocycles. The standard InChI is InChI=1S/C26H27F2N5O3/c27-18-11-17(12-19(28)13-18)25(35)29-20-7-8-21(22(34)14-20)26(36)32-9-4-5-16(15-32)24-31-30-23-6-2-1-3-10-33(23)24/h7-8,11-14,16,34H,1-6,9-10,15H2,(H,29,35). The van der Waals surface area contributed by atoms with Crippen molar-refractivity contribution in [2.45, 2.75) is 51.0 Å². The molecule has 36 heavy (non-hydrogen) atoms. The van der Waals surface area contributed by atoms with E-state index in [1.165, 1.54) is 24.6 Å². The summed E-state index contributed by atoms with van der Waals surface area (Å²) in [5, 5.41) is 21.9. The zero-order valence-corrected chi connectivity index (χ0v) is 19.7. The molecule has 2 N–H and O–H groups in total. The molecule has 0 radical (unpaired) electrons. The number of fused-ring (bicyclic) bond motifs is 1. The van der Waals surface area contributed by atoms with Crippen LogP contribution in [0.1, 0.15) is 70.4 Å². The van der Waals surface area contributed by atoms with Crippen molar-refractivity contribution in [2.75, 3.05) is 18.4 Å². The number of likely N-dealkylation sites (tertiary alicyclic amines) is 1. The van der Waals surface area contributed by atoms with Crippen LogP contribution in [0.4, 0.5) is 14.5 Å². The molecule has 1 saturated heterocycles. The van der Waals surface area contributed by atoms with Crippen LogP contribution < -0.4 is 5.32 Å². The van der Waals surface area contributed by atoms with E-state index in [2.05, 4.69) is 20.1 Å². The van der Waals surface area contributed by atoms with Gasteiger partial charge in [-0.25, -0.2) is 8.78 Å². The van der Waals surface area contributed by atoms with E-state index in [0.29, 0.717) is 19.2 Å². The zero-order chi connectivity index (χ0) is 25.2. The largest absolute Gasteiger partial charge is 0.507 e. The maximum absolute atomic E-state index is 13.4. The van der Waals surface area contributed by atoms with Crippen LogP contribution in [0.3, 0.4) is 0 Å². The minimum Gasteiger partial charge on any atom is -0.507 e. The van der Waals surface area contributed by atoms with Crippen LogP contribution in [-0.4, -0.2) is 49.7 Å². The van der Waals surface area contributed by atoms with Gasteiger partial charge in [0, 0.05) is 55.4 Å². The molecule has 2 amide bonds. The molecule has 1 unspecified atom stereocenters. The molecule has 10 heteroatoms. The van der Waals surface area contributed by atoms with E-state index in [4.69, 9.17) is 0 Å². The highest BCUT2D eigenvalue weighted by molar-refractivity contribution is 6.05. The Hall–Kier alpha value is -3.82. The third-order valence-electron chi connectivity index (χ3n) is 6.82. The first-order valence-electron chi connectivity index (χ1n) is 12.2. The average Bonchev–Trinajstić information content (AvgIpc) is 3.11. The number of hydrogen-bond acceptors (Lipinski definition) is 5. The summed E-state index contributed by atoms with van der Waals surface area (Å²) in [4.78, 5) is 27.3. The maximum Gasteiger partial charge on any atom is 0.257 e. The number of aryl methyl sites for hydroxylation is 1. The lowest BCUT2D eigenvalue weighted by Gasteiger charge is -2.32. The van der Waals surface area contributed by atoms with E-state index < -0.39 is 17.5 Å². The molecule has 2 aliphatic heterocycles. The topological polar surface area (TPSA) is 100 Å². The van der Waals surface area contributed by atoms with Gasteiger partial charge in [-0.15, -0.1) is 10.2 Å². The quantitative estimate of drug-likeness (QED) is 0.563. The van der Waals surface area contributed by atoms with Crippen LogP contribution in [0.15, 0.2) is 36.4 Å². The van der Waals surface area contributed by atoms with Gasteiger partial charge in [0.2, 0.25) is 0 Å². The summed E-state index contributed by atoms with van der Waals surface area (Å²) in [5.41, 5.74) is 0.116. The Morgan fingerprint density at radius 2 is 1.78 bits per heavy atom. The first-order chi connectivity index (χ1) is 17.4. The van der Waals surface area contributed by atoms with Gasteiger partial charge in [-0.2, -0.15) is 0 Å². The lowest BCUT2D eigenvalue weighted by Crippen LogP contribution is -2.39. The van der Waals surface area contributed by atoms with Gasteiger partial charge in [-0.3, -0.25) is 9.59 Å². The van der Waals surface area contributed by atoms with Gasteiger partial charge in [0.05, 0.1) is 5.56 Å². The second-order valence-corrected chi connectivity index (χ2v) is 9.37. The number of nitrogens with one attached hydrogen (secondary N) is 1. The third kappa shape index (κ3) is 4.93. The molecule has 2 aliphatic rings. The van der Waals surface area contributed by atoms with Crippen molar-refractivity contribution < 1.29 is 23.5 Å². The summed E-state index contributed by atoms with van der Waals surface area (Å²) in [5.74, 6) is -1.05. The Kier molecular flexibility index (Phi) is 6.67. The average molecular weight is 496 g/mol. The highest BCUT2D eigenvalue weighted by Gasteiger charge is 2.30. The number of benzene rings is 2. The number of amides is 2. The second kappa shape index (κ2) is 10.0. The Morgan fingerprint density at radius 1 is 0.972 bits per heavy atom. The Morgan fingerprint density at radius 3 is 2.56 bits per heavy atom. The van der Waals surface area contributed by atoms with Gasteiger partial charge in [0.1, 0.15) is 29.0 Å². The Bertz CT molecular complexity index is 1290. The summed E-state index contributed by atoms with van der Waals surface area (Å²) >= 11 is 0. The number of piperidine rings is 1. The lowest BCUT2D eigenvalue weighted by molar-refractivity contribution is 0.0700. The molecule has 3 aromatic rings. The summed E-state index contributed by atoms with van der Waals surface area (Å²) in [6.45, 7) is 1.96. The third-order valence-corrected chi connectivity index (χ3v) is 6.82. The van der Waals surface area contributed by atoms with Crippen LogP contribution in [0.2, 0.25) is 0 Å². The molecule has 188 valence electrons. The van der Waals surface area contributed by atoms with Crippen molar-refractivity contribution in [3.63, 3.8) is 0 Å². The van der Waals surface area contributed by atoms with Crippen molar-refractivity contribution in [3.05, 3.63) is 70.8 Å². The molecule has 5 rings (SSSR count). The highest BCUT2D eigenvalue weighted by Crippen LogP contribution is 2.31. The second-order valence-electron chi connectivity index (χ2n) is 9.37. The number of halogens is 2. The van der Waals surface area contributed by atoms with Crippen molar-refractivity contribution in [2.24, 2.45) is 0 Å². The van der Waals surface area contributed by atoms with E-state index in [9.17, 15) is 23.5 Å². The fraction of sp³-hybridized carbons (Fsp3) is 0.385. The van der Waals surface area contributed by atoms with Gasteiger partial charge in [0.15, 0.2) is 0 Å².